The lowest BCUT2D eigenvalue weighted by Crippen LogP contribution is -2.40. The summed E-state index contributed by atoms with van der Waals surface area (Å²) in [4.78, 5) is 0. The molecule has 1 aliphatic heterocycles. The highest BCUT2D eigenvalue weighted by Crippen LogP contribution is 2.29. The summed E-state index contributed by atoms with van der Waals surface area (Å²) in [6.45, 7) is 11.3. The molecule has 1 fully saturated rings. The molecule has 0 aromatic heterocycles. The second-order valence-corrected chi connectivity index (χ2v) is 6.16. The van der Waals surface area contributed by atoms with Gasteiger partial charge in [-0.1, -0.05) is 40.5 Å². The highest BCUT2D eigenvalue weighted by atomic mass is 16.5. The van der Waals surface area contributed by atoms with Gasteiger partial charge in [-0.3, -0.25) is 0 Å². The first kappa shape index (κ1) is 16.0. The molecule has 2 heteroatoms. The van der Waals surface area contributed by atoms with E-state index in [0.717, 1.165) is 25.0 Å². The molecule has 0 aromatic rings. The van der Waals surface area contributed by atoms with Crippen LogP contribution >= 0.6 is 0 Å². The molecule has 0 amide bonds. The van der Waals surface area contributed by atoms with E-state index in [2.05, 4.69) is 33.0 Å². The van der Waals surface area contributed by atoms with E-state index in [9.17, 15) is 0 Å². The molecular formula is C16H33NO. The monoisotopic (exact) mass is 255 g/mol. The van der Waals surface area contributed by atoms with Gasteiger partial charge in [0.15, 0.2) is 0 Å². The number of hydrogen-bond acceptors (Lipinski definition) is 2. The average Bonchev–Trinajstić information content (AvgIpc) is 2.81. The van der Waals surface area contributed by atoms with Gasteiger partial charge in [-0.2, -0.15) is 0 Å². The Morgan fingerprint density at radius 1 is 1.22 bits per heavy atom. The van der Waals surface area contributed by atoms with Crippen LogP contribution in [0.3, 0.4) is 0 Å². The molecule has 1 N–H and O–H groups in total. The van der Waals surface area contributed by atoms with Crippen LogP contribution in [0, 0.1) is 11.8 Å². The molecule has 0 radical (unpaired) electrons. The molecule has 1 rings (SSSR count). The van der Waals surface area contributed by atoms with E-state index in [0.29, 0.717) is 12.1 Å². The maximum Gasteiger partial charge on any atom is 0.0616 e. The van der Waals surface area contributed by atoms with E-state index in [1.165, 1.54) is 38.5 Å². The van der Waals surface area contributed by atoms with Gasteiger partial charge in [0.2, 0.25) is 0 Å². The van der Waals surface area contributed by atoms with Crippen LogP contribution in [-0.2, 0) is 4.74 Å². The summed E-state index contributed by atoms with van der Waals surface area (Å²) < 4.78 is 5.86. The second kappa shape index (κ2) is 8.92. The molecular weight excluding hydrogens is 222 g/mol. The van der Waals surface area contributed by atoms with Crippen LogP contribution in [0.1, 0.15) is 66.2 Å². The van der Waals surface area contributed by atoms with Crippen LogP contribution in [0.4, 0.5) is 0 Å². The van der Waals surface area contributed by atoms with Crippen molar-refractivity contribution >= 4 is 0 Å². The molecule has 0 aromatic carbocycles. The lowest BCUT2D eigenvalue weighted by Gasteiger charge is -2.28. The standard InChI is InChI=1S/C16H33NO/c1-5-11-17-15(9-7-8-13(3)4)14-10-12-18-16(14)6-2/h13-17H,5-12H2,1-4H3. The number of nitrogens with one attached hydrogen (secondary N) is 1. The fourth-order valence-corrected chi connectivity index (χ4v) is 3.09. The van der Waals surface area contributed by atoms with Gasteiger partial charge in [-0.15, -0.1) is 0 Å². The molecule has 0 saturated carbocycles. The van der Waals surface area contributed by atoms with Crippen molar-refractivity contribution in [3.8, 4) is 0 Å². The Kier molecular flexibility index (Phi) is 7.92. The third-order valence-electron chi connectivity index (χ3n) is 4.13. The first-order valence-corrected chi connectivity index (χ1v) is 8.04. The highest BCUT2D eigenvalue weighted by molar-refractivity contribution is 4.85. The zero-order chi connectivity index (χ0) is 13.4. The molecule has 3 atom stereocenters. The summed E-state index contributed by atoms with van der Waals surface area (Å²) in [6.07, 6.45) is 8.17. The van der Waals surface area contributed by atoms with Gasteiger partial charge >= 0.3 is 0 Å². The summed E-state index contributed by atoms with van der Waals surface area (Å²) in [5.41, 5.74) is 0. The van der Waals surface area contributed by atoms with Gasteiger partial charge in [-0.05, 0) is 38.1 Å². The smallest absolute Gasteiger partial charge is 0.0616 e. The zero-order valence-electron chi connectivity index (χ0n) is 12.9. The molecule has 2 nitrogen and oxygen atoms in total. The molecule has 1 heterocycles. The van der Waals surface area contributed by atoms with Crippen LogP contribution < -0.4 is 5.32 Å². The zero-order valence-corrected chi connectivity index (χ0v) is 12.9. The Morgan fingerprint density at radius 2 is 2.00 bits per heavy atom. The van der Waals surface area contributed by atoms with Gasteiger partial charge in [0.25, 0.3) is 0 Å². The Bertz CT molecular complexity index is 205. The number of hydrogen-bond donors (Lipinski definition) is 1. The van der Waals surface area contributed by atoms with Crippen molar-refractivity contribution in [2.24, 2.45) is 11.8 Å². The quantitative estimate of drug-likeness (QED) is 0.672. The number of rotatable bonds is 9. The lowest BCUT2D eigenvalue weighted by atomic mass is 9.87. The normalized spacial score (nSPS) is 25.8. The van der Waals surface area contributed by atoms with Crippen LogP contribution in [0.2, 0.25) is 0 Å². The van der Waals surface area contributed by atoms with E-state index in [4.69, 9.17) is 4.74 Å². The summed E-state index contributed by atoms with van der Waals surface area (Å²) >= 11 is 0. The fourth-order valence-electron chi connectivity index (χ4n) is 3.09. The molecule has 0 spiro atoms. The van der Waals surface area contributed by atoms with Crippen LogP contribution in [0.25, 0.3) is 0 Å². The highest BCUT2D eigenvalue weighted by Gasteiger charge is 2.32. The van der Waals surface area contributed by atoms with E-state index in [1.54, 1.807) is 0 Å². The second-order valence-electron chi connectivity index (χ2n) is 6.16. The minimum Gasteiger partial charge on any atom is -0.378 e. The summed E-state index contributed by atoms with van der Waals surface area (Å²) in [5, 5.41) is 3.77. The predicted molar refractivity (Wildman–Crippen MR) is 78.9 cm³/mol. The molecule has 1 saturated heterocycles. The van der Waals surface area contributed by atoms with Crippen LogP contribution in [0.15, 0.2) is 0 Å². The Morgan fingerprint density at radius 3 is 2.61 bits per heavy atom. The predicted octanol–water partition coefficient (Wildman–Crippen LogP) is 4.00. The topological polar surface area (TPSA) is 21.3 Å². The van der Waals surface area contributed by atoms with Gasteiger partial charge in [0.05, 0.1) is 6.10 Å². The summed E-state index contributed by atoms with van der Waals surface area (Å²) in [7, 11) is 0. The first-order valence-electron chi connectivity index (χ1n) is 8.04. The maximum absolute atomic E-state index is 5.86. The molecule has 0 bridgehead atoms. The van der Waals surface area contributed by atoms with Crippen LogP contribution in [0.5, 0.6) is 0 Å². The van der Waals surface area contributed by atoms with Crippen molar-refractivity contribution in [2.75, 3.05) is 13.2 Å². The first-order chi connectivity index (χ1) is 8.69. The SMILES string of the molecule is CCCNC(CCCC(C)C)C1CCOC1CC. The molecule has 18 heavy (non-hydrogen) atoms. The van der Waals surface area contributed by atoms with Crippen molar-refractivity contribution in [3.63, 3.8) is 0 Å². The molecule has 3 unspecified atom stereocenters. The van der Waals surface area contributed by atoms with Gasteiger partial charge in [-0.25, -0.2) is 0 Å². The third kappa shape index (κ3) is 5.27. The van der Waals surface area contributed by atoms with Crippen molar-refractivity contribution < 1.29 is 4.74 Å². The van der Waals surface area contributed by atoms with Crippen molar-refractivity contribution in [1.82, 2.24) is 5.32 Å². The van der Waals surface area contributed by atoms with Gasteiger partial charge in [0, 0.05) is 18.6 Å². The number of ether oxygens (including phenoxy) is 1. The molecule has 0 aliphatic carbocycles. The van der Waals surface area contributed by atoms with Crippen molar-refractivity contribution in [3.05, 3.63) is 0 Å². The van der Waals surface area contributed by atoms with Gasteiger partial charge in [0.1, 0.15) is 0 Å². The third-order valence-corrected chi connectivity index (χ3v) is 4.13. The fraction of sp³-hybridized carbons (Fsp3) is 1.00. The van der Waals surface area contributed by atoms with Gasteiger partial charge < -0.3 is 10.1 Å². The van der Waals surface area contributed by atoms with Crippen molar-refractivity contribution in [1.29, 1.82) is 0 Å². The molecule has 108 valence electrons. The van der Waals surface area contributed by atoms with E-state index in [-0.39, 0.29) is 0 Å². The Labute approximate surface area is 114 Å². The van der Waals surface area contributed by atoms with E-state index >= 15 is 0 Å². The average molecular weight is 255 g/mol. The Hall–Kier alpha value is -0.0800. The minimum absolute atomic E-state index is 0.499. The molecule has 1 aliphatic rings. The van der Waals surface area contributed by atoms with Crippen LogP contribution in [-0.4, -0.2) is 25.3 Å². The van der Waals surface area contributed by atoms with Crippen molar-refractivity contribution in [2.45, 2.75) is 78.4 Å². The van der Waals surface area contributed by atoms with E-state index < -0.39 is 0 Å². The largest absolute Gasteiger partial charge is 0.378 e. The summed E-state index contributed by atoms with van der Waals surface area (Å²) in [5.74, 6) is 1.58. The van der Waals surface area contributed by atoms with E-state index in [1.807, 2.05) is 0 Å². The maximum atomic E-state index is 5.86. The summed E-state index contributed by atoms with van der Waals surface area (Å²) in [6, 6.07) is 0.677. The lowest BCUT2D eigenvalue weighted by molar-refractivity contribution is 0.0760. The minimum atomic E-state index is 0.499. The Balaban J connectivity index is 2.43.